The zero-order valence-electron chi connectivity index (χ0n) is 25.4. The minimum atomic E-state index is -0.609. The first-order chi connectivity index (χ1) is 19.6. The van der Waals surface area contributed by atoms with Crippen molar-refractivity contribution in [2.45, 2.75) is 66.2 Å². The first-order valence-electron chi connectivity index (χ1n) is 14.6. The van der Waals surface area contributed by atoms with Gasteiger partial charge in [-0.05, 0) is 79.9 Å². The Hall–Kier alpha value is -3.64. The molecule has 4 rings (SSSR count). The van der Waals surface area contributed by atoms with E-state index in [4.69, 9.17) is 9.47 Å². The number of carbonyl (C=O) groups is 2. The summed E-state index contributed by atoms with van der Waals surface area (Å²) in [5.74, 6) is 0.300. The maximum atomic E-state index is 14.4. The second-order valence-corrected chi connectivity index (χ2v) is 12.0. The maximum Gasteiger partial charge on any atom is 0.410 e. The molecular weight excluding hydrogens is 512 g/mol. The first kappa shape index (κ1) is 30.3. The third-order valence-electron chi connectivity index (χ3n) is 7.53. The Kier molecular flexibility index (Phi) is 9.87. The van der Waals surface area contributed by atoms with Crippen LogP contribution in [0.1, 0.15) is 64.2 Å². The summed E-state index contributed by atoms with van der Waals surface area (Å²) < 4.78 is 11.1. The lowest BCUT2D eigenvalue weighted by atomic mass is 9.81. The fraction of sp³-hybridized carbons (Fsp3) is 0.429. The van der Waals surface area contributed by atoms with Crippen LogP contribution in [0.4, 0.5) is 4.79 Å². The van der Waals surface area contributed by atoms with E-state index in [0.29, 0.717) is 44.2 Å². The highest BCUT2D eigenvalue weighted by Gasteiger charge is 2.33. The molecule has 218 valence electrons. The molecule has 1 heterocycles. The van der Waals surface area contributed by atoms with Crippen LogP contribution < -0.4 is 0 Å². The van der Waals surface area contributed by atoms with Gasteiger partial charge in [-0.3, -0.25) is 4.79 Å². The molecule has 6 heteroatoms. The SMILES string of the molecule is CCN(Cc1ccccc1COC)C(=O)C1=C(C2=CC(c3ccccc3)=CC(C)C2)CCN(C(=O)OC(C)(C)C)C1. The lowest BCUT2D eigenvalue weighted by Crippen LogP contribution is -2.44. The predicted molar refractivity (Wildman–Crippen MR) is 164 cm³/mol. The molecule has 0 N–H and O–H groups in total. The molecule has 1 aliphatic heterocycles. The molecule has 2 aliphatic rings. The monoisotopic (exact) mass is 556 g/mol. The van der Waals surface area contributed by atoms with E-state index < -0.39 is 5.60 Å². The van der Waals surface area contributed by atoms with E-state index in [2.05, 4.69) is 49.4 Å². The van der Waals surface area contributed by atoms with Gasteiger partial charge in [-0.2, -0.15) is 0 Å². The van der Waals surface area contributed by atoms with Crippen molar-refractivity contribution in [2.75, 3.05) is 26.7 Å². The number of benzene rings is 2. The molecule has 1 atom stereocenters. The number of rotatable bonds is 8. The fourth-order valence-corrected chi connectivity index (χ4v) is 5.56. The highest BCUT2D eigenvalue weighted by molar-refractivity contribution is 5.96. The number of amides is 2. The van der Waals surface area contributed by atoms with Crippen LogP contribution in [-0.4, -0.2) is 54.1 Å². The standard InChI is InChI=1S/C35H44N2O4/c1-7-36(22-27-15-11-12-16-28(27)24-40-6)33(38)32-23-37(34(39)41-35(3,4)5)18-17-31(32)30-20-25(2)19-29(21-30)26-13-9-8-10-14-26/h8-16,19,21,25H,7,17-18,20,22-24H2,1-6H3. The van der Waals surface area contributed by atoms with Crippen LogP contribution in [-0.2, 0) is 27.4 Å². The zero-order valence-corrected chi connectivity index (χ0v) is 25.4. The molecule has 1 unspecified atom stereocenters. The van der Waals surface area contributed by atoms with Crippen LogP contribution in [0.3, 0.4) is 0 Å². The molecule has 2 amide bonds. The van der Waals surface area contributed by atoms with Crippen molar-refractivity contribution in [1.82, 2.24) is 9.80 Å². The Bertz CT molecular complexity index is 1330. The molecule has 6 nitrogen and oxygen atoms in total. The van der Waals surface area contributed by atoms with E-state index in [1.165, 1.54) is 16.7 Å². The smallest absolute Gasteiger partial charge is 0.410 e. The Morgan fingerprint density at radius 2 is 1.71 bits per heavy atom. The van der Waals surface area contributed by atoms with Gasteiger partial charge in [0.25, 0.3) is 5.91 Å². The lowest BCUT2D eigenvalue weighted by Gasteiger charge is -2.35. The van der Waals surface area contributed by atoms with Gasteiger partial charge in [0, 0.05) is 32.3 Å². The Balaban J connectivity index is 1.73. The van der Waals surface area contributed by atoms with Gasteiger partial charge in [-0.15, -0.1) is 0 Å². The second-order valence-electron chi connectivity index (χ2n) is 12.0. The average Bonchev–Trinajstić information content (AvgIpc) is 2.95. The van der Waals surface area contributed by atoms with Crippen LogP contribution in [0.25, 0.3) is 5.57 Å². The van der Waals surface area contributed by atoms with Gasteiger partial charge in [0.2, 0.25) is 0 Å². The highest BCUT2D eigenvalue weighted by atomic mass is 16.6. The summed E-state index contributed by atoms with van der Waals surface area (Å²) in [5.41, 5.74) is 6.79. The highest BCUT2D eigenvalue weighted by Crippen LogP contribution is 2.37. The van der Waals surface area contributed by atoms with E-state index in [0.717, 1.165) is 23.1 Å². The fourth-order valence-electron chi connectivity index (χ4n) is 5.56. The molecule has 2 aromatic rings. The molecule has 0 fully saturated rings. The van der Waals surface area contributed by atoms with E-state index >= 15 is 0 Å². The second kappa shape index (κ2) is 13.3. The summed E-state index contributed by atoms with van der Waals surface area (Å²) in [6.45, 7) is 12.1. The third-order valence-corrected chi connectivity index (χ3v) is 7.53. The minimum Gasteiger partial charge on any atom is -0.444 e. The quantitative estimate of drug-likeness (QED) is 0.346. The Labute approximate surface area is 245 Å². The molecule has 0 bridgehead atoms. The maximum absolute atomic E-state index is 14.4. The number of allylic oxidation sites excluding steroid dienone is 4. The van der Waals surface area contributed by atoms with Gasteiger partial charge in [-0.1, -0.05) is 73.7 Å². The summed E-state index contributed by atoms with van der Waals surface area (Å²) in [6, 6.07) is 18.5. The van der Waals surface area contributed by atoms with Crippen molar-refractivity contribution in [1.29, 1.82) is 0 Å². The summed E-state index contributed by atoms with van der Waals surface area (Å²) in [4.78, 5) is 31.0. The number of nitrogens with zero attached hydrogens (tertiary/aromatic N) is 2. The van der Waals surface area contributed by atoms with Crippen molar-refractivity contribution in [3.63, 3.8) is 0 Å². The molecule has 0 spiro atoms. The van der Waals surface area contributed by atoms with E-state index in [1.807, 2.05) is 56.9 Å². The molecule has 1 aliphatic carbocycles. The normalized spacial score (nSPS) is 17.6. The summed E-state index contributed by atoms with van der Waals surface area (Å²) in [6.07, 6.45) is 5.63. The van der Waals surface area contributed by atoms with Crippen LogP contribution in [0.15, 0.2) is 83.5 Å². The van der Waals surface area contributed by atoms with Gasteiger partial charge in [0.15, 0.2) is 0 Å². The number of methoxy groups -OCH3 is 1. The number of hydrogen-bond donors (Lipinski definition) is 0. The van der Waals surface area contributed by atoms with Gasteiger partial charge >= 0.3 is 6.09 Å². The number of hydrogen-bond acceptors (Lipinski definition) is 4. The van der Waals surface area contributed by atoms with Crippen LogP contribution in [0.5, 0.6) is 0 Å². The van der Waals surface area contributed by atoms with Crippen molar-refractivity contribution in [3.05, 3.63) is 100 Å². The summed E-state index contributed by atoms with van der Waals surface area (Å²) in [5, 5.41) is 0. The Morgan fingerprint density at radius 1 is 1.02 bits per heavy atom. The van der Waals surface area contributed by atoms with E-state index in [-0.39, 0.29) is 18.5 Å². The van der Waals surface area contributed by atoms with Crippen molar-refractivity contribution in [2.24, 2.45) is 5.92 Å². The molecule has 2 aromatic carbocycles. The Morgan fingerprint density at radius 3 is 2.37 bits per heavy atom. The molecule has 41 heavy (non-hydrogen) atoms. The van der Waals surface area contributed by atoms with E-state index in [9.17, 15) is 9.59 Å². The topological polar surface area (TPSA) is 59.1 Å². The number of likely N-dealkylation sites (N-methyl/N-ethyl adjacent to an activating group) is 1. The number of ether oxygens (including phenoxy) is 2. The van der Waals surface area contributed by atoms with Gasteiger partial charge in [0.1, 0.15) is 5.60 Å². The molecule has 0 aromatic heterocycles. The van der Waals surface area contributed by atoms with E-state index in [1.54, 1.807) is 12.0 Å². The van der Waals surface area contributed by atoms with Gasteiger partial charge in [0.05, 0.1) is 13.2 Å². The lowest BCUT2D eigenvalue weighted by molar-refractivity contribution is -0.128. The summed E-state index contributed by atoms with van der Waals surface area (Å²) >= 11 is 0. The molecule has 0 radical (unpaired) electrons. The van der Waals surface area contributed by atoms with Crippen LogP contribution >= 0.6 is 0 Å². The first-order valence-corrected chi connectivity index (χ1v) is 14.6. The van der Waals surface area contributed by atoms with Gasteiger partial charge in [-0.25, -0.2) is 4.79 Å². The third kappa shape index (κ3) is 7.76. The van der Waals surface area contributed by atoms with Crippen molar-refractivity contribution < 1.29 is 19.1 Å². The molecule has 0 saturated heterocycles. The average molecular weight is 557 g/mol. The van der Waals surface area contributed by atoms with Crippen molar-refractivity contribution >= 4 is 17.6 Å². The molecule has 0 saturated carbocycles. The predicted octanol–water partition coefficient (Wildman–Crippen LogP) is 7.17. The molecular formula is C35H44N2O4. The van der Waals surface area contributed by atoms with Crippen LogP contribution in [0.2, 0.25) is 0 Å². The number of carbonyl (C=O) groups excluding carboxylic acids is 2. The zero-order chi connectivity index (χ0) is 29.6. The largest absolute Gasteiger partial charge is 0.444 e. The van der Waals surface area contributed by atoms with Crippen molar-refractivity contribution in [3.8, 4) is 0 Å². The van der Waals surface area contributed by atoms with Crippen LogP contribution in [0, 0.1) is 5.92 Å². The summed E-state index contributed by atoms with van der Waals surface area (Å²) in [7, 11) is 1.68. The minimum absolute atomic E-state index is 0.0349. The van der Waals surface area contributed by atoms with Gasteiger partial charge < -0.3 is 19.3 Å².